The third kappa shape index (κ3) is 5.76. The normalized spacial score (nSPS) is 18.9. The number of furan rings is 1. The van der Waals surface area contributed by atoms with E-state index in [-0.39, 0.29) is 17.9 Å². The molecule has 7 nitrogen and oxygen atoms in total. The molecule has 0 aliphatic carbocycles. The summed E-state index contributed by atoms with van der Waals surface area (Å²) in [6.45, 7) is 3.82. The average Bonchev–Trinajstić information content (AvgIpc) is 3.26. The maximum Gasteiger partial charge on any atom is 0.321 e. The van der Waals surface area contributed by atoms with Crippen LogP contribution >= 0.6 is 0 Å². The first-order chi connectivity index (χ1) is 14.1. The number of rotatable bonds is 7. The smallest absolute Gasteiger partial charge is 0.321 e. The minimum atomic E-state index is -0.113. The number of anilines is 1. The highest BCUT2D eigenvalue weighted by atomic mass is 16.5. The Bertz CT molecular complexity index is 806. The number of nitrogens with one attached hydrogen (secondary N) is 2. The molecule has 0 saturated carbocycles. The van der Waals surface area contributed by atoms with Crippen molar-refractivity contribution in [3.63, 3.8) is 0 Å². The van der Waals surface area contributed by atoms with Gasteiger partial charge in [0, 0.05) is 31.3 Å². The van der Waals surface area contributed by atoms with E-state index in [9.17, 15) is 9.59 Å². The molecule has 2 N–H and O–H groups in total. The molecule has 1 aromatic carbocycles. The molecule has 156 valence electrons. The summed E-state index contributed by atoms with van der Waals surface area (Å²) < 4.78 is 10.4. The van der Waals surface area contributed by atoms with E-state index < -0.39 is 0 Å². The third-order valence-electron chi connectivity index (χ3n) is 5.51. The molecule has 0 spiro atoms. The van der Waals surface area contributed by atoms with Gasteiger partial charge < -0.3 is 24.7 Å². The Kier molecular flexibility index (Phi) is 7.16. The highest BCUT2D eigenvalue weighted by Gasteiger charge is 2.31. The van der Waals surface area contributed by atoms with Crippen molar-refractivity contribution in [3.8, 4) is 5.75 Å². The van der Waals surface area contributed by atoms with Crippen LogP contribution in [0.4, 0.5) is 10.5 Å². The van der Waals surface area contributed by atoms with Crippen LogP contribution in [0.25, 0.3) is 0 Å². The van der Waals surface area contributed by atoms with E-state index in [4.69, 9.17) is 9.15 Å². The van der Waals surface area contributed by atoms with Gasteiger partial charge in [0.2, 0.25) is 5.91 Å². The van der Waals surface area contributed by atoms with Crippen LogP contribution < -0.4 is 15.4 Å². The van der Waals surface area contributed by atoms with Crippen LogP contribution in [0.1, 0.15) is 31.9 Å². The Morgan fingerprint density at radius 3 is 2.83 bits per heavy atom. The molecule has 1 aliphatic heterocycles. The van der Waals surface area contributed by atoms with Crippen LogP contribution in [0.5, 0.6) is 5.75 Å². The Balaban J connectivity index is 1.50. The van der Waals surface area contributed by atoms with Crippen LogP contribution in [0.15, 0.2) is 47.1 Å². The first-order valence-electron chi connectivity index (χ1n) is 10.1. The van der Waals surface area contributed by atoms with Gasteiger partial charge >= 0.3 is 6.03 Å². The number of piperidine rings is 1. The van der Waals surface area contributed by atoms with Crippen LogP contribution in [-0.4, -0.2) is 37.0 Å². The van der Waals surface area contributed by atoms with Gasteiger partial charge in [0.15, 0.2) is 0 Å². The maximum atomic E-state index is 12.7. The van der Waals surface area contributed by atoms with Gasteiger partial charge in [-0.05, 0) is 42.5 Å². The molecule has 29 heavy (non-hydrogen) atoms. The van der Waals surface area contributed by atoms with Gasteiger partial charge in [-0.3, -0.25) is 4.79 Å². The van der Waals surface area contributed by atoms with Gasteiger partial charge in [-0.2, -0.15) is 0 Å². The summed E-state index contributed by atoms with van der Waals surface area (Å²) in [6, 6.07) is 10.9. The molecule has 2 heterocycles. The quantitative estimate of drug-likeness (QED) is 0.740. The highest BCUT2D eigenvalue weighted by molar-refractivity contribution is 5.89. The number of nitrogens with zero attached hydrogens (tertiary/aromatic N) is 1. The number of methoxy groups -OCH3 is 1. The van der Waals surface area contributed by atoms with E-state index >= 15 is 0 Å². The fourth-order valence-electron chi connectivity index (χ4n) is 3.81. The lowest BCUT2D eigenvalue weighted by Crippen LogP contribution is -2.46. The predicted molar refractivity (Wildman–Crippen MR) is 111 cm³/mol. The molecule has 1 saturated heterocycles. The second-order valence-electron chi connectivity index (χ2n) is 7.39. The Hall–Kier alpha value is -2.96. The number of ether oxygens (including phenoxy) is 1. The molecule has 7 heteroatoms. The van der Waals surface area contributed by atoms with Crippen molar-refractivity contribution in [1.29, 1.82) is 0 Å². The molecular formula is C22H29N3O4. The first-order valence-corrected chi connectivity index (χ1v) is 10.1. The fourth-order valence-corrected chi connectivity index (χ4v) is 3.81. The van der Waals surface area contributed by atoms with Crippen LogP contribution in [-0.2, 0) is 11.3 Å². The number of hydrogen-bond acceptors (Lipinski definition) is 4. The Morgan fingerprint density at radius 2 is 2.10 bits per heavy atom. The summed E-state index contributed by atoms with van der Waals surface area (Å²) in [7, 11) is 1.60. The molecule has 1 aromatic heterocycles. The van der Waals surface area contributed by atoms with Crippen molar-refractivity contribution in [2.75, 3.05) is 25.5 Å². The van der Waals surface area contributed by atoms with Crippen LogP contribution in [0.3, 0.4) is 0 Å². The van der Waals surface area contributed by atoms with Crippen molar-refractivity contribution in [3.05, 3.63) is 48.4 Å². The SMILES string of the molecule is CC[C@H]1CN(C(=O)Nc2cccc(OC)c2)CC[C@H]1CC(=O)NCc1ccco1. The van der Waals surface area contributed by atoms with Crippen LogP contribution in [0.2, 0.25) is 0 Å². The Labute approximate surface area is 171 Å². The summed E-state index contributed by atoms with van der Waals surface area (Å²) >= 11 is 0. The lowest BCUT2D eigenvalue weighted by atomic mass is 9.81. The summed E-state index contributed by atoms with van der Waals surface area (Å²) in [5, 5.41) is 5.86. The first kappa shape index (κ1) is 20.8. The lowest BCUT2D eigenvalue weighted by Gasteiger charge is -2.38. The van der Waals surface area contributed by atoms with Crippen molar-refractivity contribution in [2.45, 2.75) is 32.7 Å². The standard InChI is InChI=1S/C22H29N3O4/c1-3-16-15-25(22(27)24-18-6-4-7-19(13-18)28-2)10-9-17(16)12-21(26)23-14-20-8-5-11-29-20/h4-8,11,13,16-17H,3,9-10,12,14-15H2,1-2H3,(H,23,26)(H,24,27)/t16-,17-/m0/s1. The number of likely N-dealkylation sites (tertiary alicyclic amines) is 1. The molecule has 1 aliphatic rings. The van der Waals surface area contributed by atoms with E-state index in [1.54, 1.807) is 25.5 Å². The highest BCUT2D eigenvalue weighted by Crippen LogP contribution is 2.29. The second kappa shape index (κ2) is 10.0. The summed E-state index contributed by atoms with van der Waals surface area (Å²) in [5.41, 5.74) is 0.710. The monoisotopic (exact) mass is 399 g/mol. The molecule has 3 rings (SSSR count). The van der Waals surface area contributed by atoms with E-state index in [0.29, 0.717) is 43.4 Å². The number of carbonyl (C=O) groups is 2. The van der Waals surface area contributed by atoms with Gasteiger partial charge in [0.25, 0.3) is 0 Å². The molecule has 0 bridgehead atoms. The van der Waals surface area contributed by atoms with Gasteiger partial charge in [0.1, 0.15) is 11.5 Å². The zero-order valence-corrected chi connectivity index (χ0v) is 17.0. The van der Waals surface area contributed by atoms with Crippen molar-refractivity contribution in [1.82, 2.24) is 10.2 Å². The van der Waals surface area contributed by atoms with E-state index in [2.05, 4.69) is 17.6 Å². The predicted octanol–water partition coefficient (Wildman–Crippen LogP) is 3.87. The summed E-state index contributed by atoms with van der Waals surface area (Å²) in [5.74, 6) is 2.05. The van der Waals surface area contributed by atoms with Crippen molar-refractivity contribution >= 4 is 17.6 Å². The minimum absolute atomic E-state index is 0.0270. The number of amides is 3. The third-order valence-corrected chi connectivity index (χ3v) is 5.51. The lowest BCUT2D eigenvalue weighted by molar-refractivity contribution is -0.123. The topological polar surface area (TPSA) is 83.8 Å². The minimum Gasteiger partial charge on any atom is -0.497 e. The summed E-state index contributed by atoms with van der Waals surface area (Å²) in [4.78, 5) is 26.8. The number of benzene rings is 1. The number of hydrogen-bond donors (Lipinski definition) is 2. The van der Waals surface area contributed by atoms with Gasteiger partial charge in [-0.15, -0.1) is 0 Å². The van der Waals surface area contributed by atoms with E-state index in [1.165, 1.54) is 0 Å². The van der Waals surface area contributed by atoms with Gasteiger partial charge in [-0.1, -0.05) is 19.4 Å². The summed E-state index contributed by atoms with van der Waals surface area (Å²) in [6.07, 6.45) is 3.82. The van der Waals surface area contributed by atoms with Crippen LogP contribution in [0, 0.1) is 11.8 Å². The molecule has 2 aromatic rings. The average molecular weight is 399 g/mol. The van der Waals surface area contributed by atoms with Crippen molar-refractivity contribution < 1.29 is 18.7 Å². The largest absolute Gasteiger partial charge is 0.497 e. The van der Waals surface area contributed by atoms with E-state index in [0.717, 1.165) is 18.6 Å². The zero-order valence-electron chi connectivity index (χ0n) is 17.0. The number of urea groups is 1. The zero-order chi connectivity index (χ0) is 20.6. The Morgan fingerprint density at radius 1 is 1.24 bits per heavy atom. The molecule has 0 radical (unpaired) electrons. The molecule has 3 amide bonds. The fraction of sp³-hybridized carbons (Fsp3) is 0.455. The second-order valence-corrected chi connectivity index (χ2v) is 7.39. The maximum absolute atomic E-state index is 12.7. The molecule has 2 atom stereocenters. The number of carbonyl (C=O) groups excluding carboxylic acids is 2. The molecule has 0 unspecified atom stereocenters. The van der Waals surface area contributed by atoms with E-state index in [1.807, 2.05) is 29.2 Å². The van der Waals surface area contributed by atoms with Gasteiger partial charge in [0.05, 0.1) is 19.9 Å². The van der Waals surface area contributed by atoms with Gasteiger partial charge in [-0.25, -0.2) is 4.79 Å². The molecule has 1 fully saturated rings. The van der Waals surface area contributed by atoms with Crippen molar-refractivity contribution in [2.24, 2.45) is 11.8 Å². The molecular weight excluding hydrogens is 370 g/mol.